The molecule has 0 fully saturated rings. The number of nitrogen functional groups attached to an aromatic ring is 1. The maximum atomic E-state index is 14.1. The molecule has 132 valence electrons. The highest BCUT2D eigenvalue weighted by Gasteiger charge is 2.19. The Morgan fingerprint density at radius 3 is 2.78 bits per heavy atom. The van der Waals surface area contributed by atoms with Gasteiger partial charge < -0.3 is 10.3 Å². The number of halogens is 1. The highest BCUT2D eigenvalue weighted by Crippen LogP contribution is 2.27. The lowest BCUT2D eigenvalue weighted by Crippen LogP contribution is -2.06. The number of anilines is 1. The van der Waals surface area contributed by atoms with Crippen molar-refractivity contribution in [1.29, 1.82) is 0 Å². The zero-order valence-corrected chi connectivity index (χ0v) is 14.0. The van der Waals surface area contributed by atoms with Crippen molar-refractivity contribution in [3.63, 3.8) is 0 Å². The molecule has 0 saturated carbocycles. The summed E-state index contributed by atoms with van der Waals surface area (Å²) in [6, 6.07) is 9.89. The fraction of sp³-hybridized carbons (Fsp3) is 0.0556. The molecule has 3 heterocycles. The van der Waals surface area contributed by atoms with Crippen LogP contribution in [0, 0.1) is 12.4 Å². The third kappa shape index (κ3) is 3.11. The fourth-order valence-electron chi connectivity index (χ4n) is 2.60. The van der Waals surface area contributed by atoms with Crippen LogP contribution in [0.1, 0.15) is 5.56 Å². The molecule has 27 heavy (non-hydrogen) atoms. The quantitative estimate of drug-likeness (QED) is 0.597. The van der Waals surface area contributed by atoms with Crippen LogP contribution in [0.5, 0.6) is 0 Å². The summed E-state index contributed by atoms with van der Waals surface area (Å²) in [5.41, 5.74) is 8.19. The molecule has 9 heteroatoms. The average Bonchev–Trinajstić information content (AvgIpc) is 3.33. The largest absolute Gasteiger partial charge is 0.399 e. The first-order valence-electron chi connectivity index (χ1n) is 7.91. The second kappa shape index (κ2) is 6.68. The summed E-state index contributed by atoms with van der Waals surface area (Å²) in [6.07, 6.45) is 2.85. The molecule has 0 unspecified atom stereocenters. The fourth-order valence-corrected chi connectivity index (χ4v) is 2.60. The molecule has 0 aliphatic carbocycles. The van der Waals surface area contributed by atoms with E-state index in [1.807, 2.05) is 0 Å². The van der Waals surface area contributed by atoms with Gasteiger partial charge in [0.2, 0.25) is 5.82 Å². The highest BCUT2D eigenvalue weighted by atomic mass is 19.1. The molecule has 8 nitrogen and oxygen atoms in total. The third-order valence-electron chi connectivity index (χ3n) is 3.92. The van der Waals surface area contributed by atoms with Crippen LogP contribution in [0.2, 0.25) is 0 Å². The van der Waals surface area contributed by atoms with E-state index in [1.54, 1.807) is 35.0 Å². The van der Waals surface area contributed by atoms with Crippen LogP contribution in [0.3, 0.4) is 0 Å². The predicted octanol–water partition coefficient (Wildman–Crippen LogP) is 3.36. The van der Waals surface area contributed by atoms with Gasteiger partial charge in [-0.25, -0.2) is 14.4 Å². The topological polar surface area (TPSA) is 100 Å². The van der Waals surface area contributed by atoms with E-state index in [2.05, 4.69) is 25.1 Å². The first-order chi connectivity index (χ1) is 13.2. The van der Waals surface area contributed by atoms with Gasteiger partial charge in [0.05, 0.1) is 12.2 Å². The molecule has 3 aromatic heterocycles. The lowest BCUT2D eigenvalue weighted by molar-refractivity contribution is 0.421. The van der Waals surface area contributed by atoms with Crippen LogP contribution in [-0.4, -0.2) is 24.9 Å². The lowest BCUT2D eigenvalue weighted by atomic mass is 10.2. The van der Waals surface area contributed by atoms with Gasteiger partial charge in [-0.05, 0) is 17.0 Å². The second-order valence-electron chi connectivity index (χ2n) is 5.64. The van der Waals surface area contributed by atoms with Crippen LogP contribution >= 0.6 is 0 Å². The highest BCUT2D eigenvalue weighted by molar-refractivity contribution is 5.67. The minimum absolute atomic E-state index is 0.133. The van der Waals surface area contributed by atoms with Crippen molar-refractivity contribution in [2.45, 2.75) is 6.54 Å². The van der Waals surface area contributed by atoms with E-state index in [-0.39, 0.29) is 29.7 Å². The van der Waals surface area contributed by atoms with Crippen molar-refractivity contribution in [2.24, 2.45) is 0 Å². The van der Waals surface area contributed by atoms with Gasteiger partial charge in [-0.2, -0.15) is 5.10 Å². The summed E-state index contributed by atoms with van der Waals surface area (Å²) < 4.78 is 20.6. The van der Waals surface area contributed by atoms with Crippen molar-refractivity contribution in [3.8, 4) is 29.5 Å². The van der Waals surface area contributed by atoms with E-state index in [0.717, 1.165) is 0 Å². The van der Waals surface area contributed by atoms with E-state index < -0.39 is 0 Å². The predicted molar refractivity (Wildman–Crippen MR) is 96.6 cm³/mol. The van der Waals surface area contributed by atoms with Gasteiger partial charge >= 0.3 is 5.69 Å². The van der Waals surface area contributed by atoms with Gasteiger partial charge in [0.1, 0.15) is 29.7 Å². The molecule has 0 radical (unpaired) electrons. The van der Waals surface area contributed by atoms with Crippen LogP contribution in [0.15, 0.2) is 53.4 Å². The second-order valence-corrected chi connectivity index (χ2v) is 5.64. The number of benzene rings is 1. The van der Waals surface area contributed by atoms with Gasteiger partial charge in [-0.15, -0.1) is 0 Å². The first kappa shape index (κ1) is 16.4. The number of rotatable bonds is 4. The van der Waals surface area contributed by atoms with Crippen molar-refractivity contribution in [3.05, 3.63) is 65.1 Å². The Kier molecular flexibility index (Phi) is 4.06. The molecule has 0 amide bonds. The van der Waals surface area contributed by atoms with E-state index in [4.69, 9.17) is 16.8 Å². The minimum atomic E-state index is -0.324. The maximum Gasteiger partial charge on any atom is 0.399 e. The molecule has 0 atom stereocenters. The van der Waals surface area contributed by atoms with Crippen molar-refractivity contribution in [2.75, 3.05) is 5.73 Å². The zero-order valence-electron chi connectivity index (χ0n) is 14.0. The van der Waals surface area contributed by atoms with Gasteiger partial charge in [0.25, 0.3) is 6.57 Å². The summed E-state index contributed by atoms with van der Waals surface area (Å²) in [4.78, 5) is 11.9. The molecule has 1 aromatic carbocycles. The molecule has 0 spiro atoms. The molecule has 2 N–H and O–H groups in total. The Balaban J connectivity index is 1.80. The first-order valence-corrected chi connectivity index (χ1v) is 7.91. The van der Waals surface area contributed by atoms with Gasteiger partial charge in [0, 0.05) is 11.6 Å². The summed E-state index contributed by atoms with van der Waals surface area (Å²) in [6.45, 7) is 5.42. The molecular formula is C18H13FN7O+. The van der Waals surface area contributed by atoms with Crippen molar-refractivity contribution in [1.82, 2.24) is 24.9 Å². The monoisotopic (exact) mass is 362 g/mol. The molecule has 4 aromatic rings. The molecule has 0 saturated heterocycles. The number of nitrogens with zero attached hydrogens (tertiary/aromatic N) is 6. The molecule has 0 bridgehead atoms. The number of aromatic nitrogens is 5. The maximum absolute atomic E-state index is 14.1. The van der Waals surface area contributed by atoms with Crippen LogP contribution in [0.4, 0.5) is 15.9 Å². The Morgan fingerprint density at radius 1 is 1.22 bits per heavy atom. The zero-order chi connectivity index (χ0) is 18.8. The van der Waals surface area contributed by atoms with Gasteiger partial charge in [-0.1, -0.05) is 23.4 Å². The van der Waals surface area contributed by atoms with E-state index in [1.165, 1.54) is 18.5 Å². The number of hydrogen-bond acceptors (Lipinski definition) is 6. The lowest BCUT2D eigenvalue weighted by Gasteiger charge is -2.06. The van der Waals surface area contributed by atoms with Gasteiger partial charge in [0.15, 0.2) is 5.82 Å². The summed E-state index contributed by atoms with van der Waals surface area (Å²) in [7, 11) is 0. The Hall–Kier alpha value is -4.06. The molecule has 0 aliphatic rings. The van der Waals surface area contributed by atoms with E-state index >= 15 is 0 Å². The summed E-state index contributed by atoms with van der Waals surface area (Å²) >= 11 is 0. The van der Waals surface area contributed by atoms with Crippen molar-refractivity contribution >= 4 is 11.5 Å². The summed E-state index contributed by atoms with van der Waals surface area (Å²) in [5.74, 6) is 0.0983. The molecular weight excluding hydrogens is 349 g/mol. The minimum Gasteiger partial charge on any atom is -0.377 e. The standard InChI is InChI=1S/C18H13FN7O/c1-21-15-9-22-18(23-17(15)20)14-8-16(13-6-7-27-25-13)26(24-14)10-11-4-2-3-5-12(11)19/h1-9H,10H2,(H2,20,22,23)/q+1. The van der Waals surface area contributed by atoms with E-state index in [0.29, 0.717) is 22.6 Å². The van der Waals surface area contributed by atoms with Crippen LogP contribution in [0.25, 0.3) is 27.8 Å². The Labute approximate surface area is 152 Å². The average molecular weight is 362 g/mol. The molecule has 0 aliphatic heterocycles. The molecule has 4 rings (SSSR count). The number of hydrogen-bond donors (Lipinski definition) is 1. The van der Waals surface area contributed by atoms with E-state index in [9.17, 15) is 4.39 Å². The normalized spacial score (nSPS) is 10.7. The third-order valence-corrected chi connectivity index (χ3v) is 3.92. The smallest absolute Gasteiger partial charge is 0.377 e. The van der Waals surface area contributed by atoms with Crippen LogP contribution in [-0.2, 0) is 6.54 Å². The van der Waals surface area contributed by atoms with Crippen LogP contribution < -0.4 is 5.73 Å². The number of nitrogens with two attached hydrogens (primary N) is 1. The van der Waals surface area contributed by atoms with Crippen molar-refractivity contribution < 1.29 is 8.91 Å². The SMILES string of the molecule is C#[N+]c1cnc(-c2cc(-c3ccon3)n(Cc3ccccc3F)n2)nc1N. The summed E-state index contributed by atoms with van der Waals surface area (Å²) in [5, 5.41) is 8.43. The Bertz CT molecular complexity index is 1140. The Morgan fingerprint density at radius 2 is 2.07 bits per heavy atom. The van der Waals surface area contributed by atoms with Gasteiger partial charge in [-0.3, -0.25) is 4.68 Å².